The third kappa shape index (κ3) is 3.39. The molecule has 1 saturated heterocycles. The Balaban J connectivity index is 1.53. The van der Waals surface area contributed by atoms with Gasteiger partial charge in [0.1, 0.15) is 18.1 Å². The molecule has 1 amide bonds. The van der Waals surface area contributed by atoms with Gasteiger partial charge in [-0.25, -0.2) is 0 Å². The minimum Gasteiger partial charge on any atom is -0.508 e. The molecule has 27 heavy (non-hydrogen) atoms. The van der Waals surface area contributed by atoms with Crippen LogP contribution in [0.25, 0.3) is 0 Å². The Kier molecular flexibility index (Phi) is 4.78. The summed E-state index contributed by atoms with van der Waals surface area (Å²) in [7, 11) is 1.60. The lowest BCUT2D eigenvalue weighted by Crippen LogP contribution is -2.47. The smallest absolute Gasteiger partial charge is 0.254 e. The van der Waals surface area contributed by atoms with Gasteiger partial charge in [-0.3, -0.25) is 9.89 Å². The van der Waals surface area contributed by atoms with E-state index < -0.39 is 0 Å². The van der Waals surface area contributed by atoms with Crippen molar-refractivity contribution in [3.05, 3.63) is 41.2 Å². The van der Waals surface area contributed by atoms with E-state index in [-0.39, 0.29) is 17.1 Å². The van der Waals surface area contributed by atoms with Crippen LogP contribution in [0.15, 0.2) is 24.4 Å². The second-order valence-electron chi connectivity index (χ2n) is 7.44. The number of nitrogens with zero attached hydrogens (tertiary/aromatic N) is 2. The van der Waals surface area contributed by atoms with Crippen molar-refractivity contribution in [2.45, 2.75) is 31.1 Å². The Morgan fingerprint density at radius 3 is 3.07 bits per heavy atom. The average Bonchev–Trinajstić information content (AvgIpc) is 3.26. The van der Waals surface area contributed by atoms with Crippen LogP contribution in [0.2, 0.25) is 0 Å². The van der Waals surface area contributed by atoms with Gasteiger partial charge < -0.3 is 19.5 Å². The fraction of sp³-hybridized carbons (Fsp3) is 0.500. The monoisotopic (exact) mass is 371 g/mol. The highest BCUT2D eigenvalue weighted by Gasteiger charge is 2.44. The van der Waals surface area contributed by atoms with Crippen LogP contribution in [0.5, 0.6) is 11.5 Å². The van der Waals surface area contributed by atoms with E-state index in [9.17, 15) is 9.90 Å². The fourth-order valence-electron chi connectivity index (χ4n) is 4.39. The van der Waals surface area contributed by atoms with Gasteiger partial charge in [-0.1, -0.05) is 0 Å². The van der Waals surface area contributed by atoms with Crippen molar-refractivity contribution in [3.8, 4) is 11.5 Å². The van der Waals surface area contributed by atoms with Gasteiger partial charge >= 0.3 is 0 Å². The molecule has 2 heterocycles. The van der Waals surface area contributed by atoms with Gasteiger partial charge in [0.2, 0.25) is 0 Å². The first kappa shape index (κ1) is 17.9. The van der Waals surface area contributed by atoms with Gasteiger partial charge in [0.15, 0.2) is 0 Å². The number of piperidine rings is 1. The predicted molar refractivity (Wildman–Crippen MR) is 99.2 cm³/mol. The number of rotatable bonds is 5. The molecule has 1 aliphatic heterocycles. The van der Waals surface area contributed by atoms with Gasteiger partial charge in [-0.2, -0.15) is 5.10 Å². The van der Waals surface area contributed by atoms with E-state index >= 15 is 0 Å². The van der Waals surface area contributed by atoms with E-state index in [1.807, 2.05) is 11.1 Å². The summed E-state index contributed by atoms with van der Waals surface area (Å²) in [5.41, 5.74) is 2.89. The van der Waals surface area contributed by atoms with Crippen molar-refractivity contribution in [3.63, 3.8) is 0 Å². The Labute approximate surface area is 158 Å². The number of phenolic OH excluding ortho intramolecular Hbond substituents is 1. The number of hydrogen-bond donors (Lipinski definition) is 2. The zero-order valence-electron chi connectivity index (χ0n) is 15.5. The number of carbonyl (C=O) groups excluding carboxylic acids is 1. The average molecular weight is 371 g/mol. The molecule has 7 nitrogen and oxygen atoms in total. The summed E-state index contributed by atoms with van der Waals surface area (Å²) in [5, 5.41) is 17.4. The predicted octanol–water partition coefficient (Wildman–Crippen LogP) is 2.26. The summed E-state index contributed by atoms with van der Waals surface area (Å²) >= 11 is 0. The van der Waals surface area contributed by atoms with Crippen molar-refractivity contribution in [2.75, 3.05) is 33.4 Å². The molecule has 2 N–H and O–H groups in total. The molecule has 1 spiro atoms. The van der Waals surface area contributed by atoms with Crippen LogP contribution < -0.4 is 4.74 Å². The minimum atomic E-state index is -0.0745. The van der Waals surface area contributed by atoms with Crippen molar-refractivity contribution in [2.24, 2.45) is 0 Å². The van der Waals surface area contributed by atoms with Crippen molar-refractivity contribution in [1.29, 1.82) is 0 Å². The zero-order chi connectivity index (χ0) is 18.9. The van der Waals surface area contributed by atoms with Crippen LogP contribution in [0.1, 0.15) is 40.9 Å². The summed E-state index contributed by atoms with van der Waals surface area (Å²) in [6, 6.07) is 4.70. The highest BCUT2D eigenvalue weighted by molar-refractivity contribution is 5.95. The number of nitrogens with one attached hydrogen (secondary N) is 1. The fourth-order valence-corrected chi connectivity index (χ4v) is 4.39. The number of aromatic nitrogens is 2. The molecule has 0 radical (unpaired) electrons. The maximum atomic E-state index is 13.1. The quantitative estimate of drug-likeness (QED) is 0.787. The number of hydrogen-bond acceptors (Lipinski definition) is 5. The molecular weight excluding hydrogens is 346 g/mol. The lowest BCUT2D eigenvalue weighted by molar-refractivity contribution is 0.0632. The molecule has 0 saturated carbocycles. The van der Waals surface area contributed by atoms with E-state index in [0.29, 0.717) is 31.1 Å². The summed E-state index contributed by atoms with van der Waals surface area (Å²) in [4.78, 5) is 15.0. The standard InChI is InChI=1S/C20H25N3O4/c1-26-7-8-27-17-10-15(9-16(24)11-17)19(25)23-6-2-4-20(13-23)5-3-14-12-21-22-18(14)20/h9-12,24H,2-8,13H2,1H3,(H,21,22). The van der Waals surface area contributed by atoms with E-state index in [1.165, 1.54) is 23.4 Å². The first-order valence-corrected chi connectivity index (χ1v) is 9.39. The number of H-pyrrole nitrogens is 1. The van der Waals surface area contributed by atoms with E-state index in [4.69, 9.17) is 9.47 Å². The molecule has 2 aliphatic rings. The van der Waals surface area contributed by atoms with Gasteiger partial charge in [-0.05, 0) is 43.4 Å². The molecular formula is C20H25N3O4. The van der Waals surface area contributed by atoms with Gasteiger partial charge in [0.05, 0.1) is 12.8 Å². The highest BCUT2D eigenvalue weighted by atomic mass is 16.5. The number of aromatic hydroxyl groups is 1. The summed E-state index contributed by atoms with van der Waals surface area (Å²) in [6.07, 6.45) is 5.99. The molecule has 144 valence electrons. The van der Waals surface area contributed by atoms with Crippen LogP contribution in [0.4, 0.5) is 0 Å². The second-order valence-corrected chi connectivity index (χ2v) is 7.44. The lowest BCUT2D eigenvalue weighted by Gasteiger charge is -2.40. The number of phenols is 1. The number of aryl methyl sites for hydroxylation is 1. The second kappa shape index (κ2) is 7.23. The normalized spacial score (nSPS) is 21.4. The Hall–Kier alpha value is -2.54. The molecule has 7 heteroatoms. The van der Waals surface area contributed by atoms with E-state index in [2.05, 4.69) is 10.2 Å². The molecule has 1 aromatic heterocycles. The third-order valence-electron chi connectivity index (χ3n) is 5.68. The van der Waals surface area contributed by atoms with Crippen LogP contribution in [-0.2, 0) is 16.6 Å². The first-order valence-electron chi connectivity index (χ1n) is 9.39. The number of methoxy groups -OCH3 is 1. The van der Waals surface area contributed by atoms with Crippen molar-refractivity contribution in [1.82, 2.24) is 15.1 Å². The molecule has 1 aliphatic carbocycles. The largest absolute Gasteiger partial charge is 0.508 e. The molecule has 4 rings (SSSR count). The topological polar surface area (TPSA) is 87.7 Å². The number of carbonyl (C=O) groups is 1. The molecule has 1 aromatic carbocycles. The Bertz CT molecular complexity index is 834. The van der Waals surface area contributed by atoms with Gasteiger partial charge in [0, 0.05) is 42.9 Å². The maximum absolute atomic E-state index is 13.1. The minimum absolute atomic E-state index is 0.0195. The van der Waals surface area contributed by atoms with Crippen molar-refractivity contribution >= 4 is 5.91 Å². The maximum Gasteiger partial charge on any atom is 0.254 e. The molecule has 1 fully saturated rings. The van der Waals surface area contributed by atoms with Crippen LogP contribution in [0, 0.1) is 0 Å². The van der Waals surface area contributed by atoms with Crippen LogP contribution in [-0.4, -0.2) is 59.5 Å². The van der Waals surface area contributed by atoms with Gasteiger partial charge in [0.25, 0.3) is 5.91 Å². The number of ether oxygens (including phenoxy) is 2. The molecule has 1 unspecified atom stereocenters. The van der Waals surface area contributed by atoms with Gasteiger partial charge in [-0.15, -0.1) is 0 Å². The number of aromatic amines is 1. The lowest BCUT2D eigenvalue weighted by atomic mass is 9.77. The number of likely N-dealkylation sites (tertiary alicyclic amines) is 1. The van der Waals surface area contributed by atoms with Crippen LogP contribution >= 0.6 is 0 Å². The highest BCUT2D eigenvalue weighted by Crippen LogP contribution is 2.44. The van der Waals surface area contributed by atoms with Crippen LogP contribution in [0.3, 0.4) is 0 Å². The van der Waals surface area contributed by atoms with Crippen molar-refractivity contribution < 1.29 is 19.4 Å². The number of benzene rings is 1. The third-order valence-corrected chi connectivity index (χ3v) is 5.68. The summed E-state index contributed by atoms with van der Waals surface area (Å²) < 4.78 is 10.5. The first-order chi connectivity index (χ1) is 13.1. The molecule has 2 aromatic rings. The zero-order valence-corrected chi connectivity index (χ0v) is 15.5. The van der Waals surface area contributed by atoms with E-state index in [0.717, 1.165) is 32.2 Å². The van der Waals surface area contributed by atoms with E-state index in [1.54, 1.807) is 13.2 Å². The Morgan fingerprint density at radius 1 is 1.33 bits per heavy atom. The molecule has 0 bridgehead atoms. The Morgan fingerprint density at radius 2 is 2.22 bits per heavy atom. The molecule has 1 atom stereocenters. The SMILES string of the molecule is COCCOc1cc(O)cc(C(=O)N2CCCC3(CCc4cn[nH]c43)C2)c1. The number of fused-ring (bicyclic) bond motifs is 2. The summed E-state index contributed by atoms with van der Waals surface area (Å²) in [6.45, 7) is 2.21. The summed E-state index contributed by atoms with van der Waals surface area (Å²) in [5.74, 6) is 0.421. The number of amides is 1.